The van der Waals surface area contributed by atoms with E-state index in [4.69, 9.17) is 9.47 Å². The average Bonchev–Trinajstić information content (AvgIpc) is 3.29. The summed E-state index contributed by atoms with van der Waals surface area (Å²) in [4.78, 5) is 25.1. The summed E-state index contributed by atoms with van der Waals surface area (Å²) >= 11 is 0. The molecule has 3 rings (SSSR count). The first-order valence-electron chi connectivity index (χ1n) is 9.13. The number of rotatable bonds is 8. The van der Waals surface area contributed by atoms with Crippen LogP contribution in [0.4, 0.5) is 0 Å². The lowest BCUT2D eigenvalue weighted by Gasteiger charge is -2.07. The number of aryl methyl sites for hydroxylation is 1. The molecule has 0 saturated heterocycles. The van der Waals surface area contributed by atoms with Crippen molar-refractivity contribution in [1.82, 2.24) is 14.3 Å². The van der Waals surface area contributed by atoms with E-state index in [-0.39, 0.29) is 23.8 Å². The van der Waals surface area contributed by atoms with Gasteiger partial charge in [-0.3, -0.25) is 4.79 Å². The number of methoxy groups -OCH3 is 1. The standard InChI is InChI=1S/C22H23N3O4/c1-5-11-24-15(2)12-18(16(24)3)19(26)14-29-22(27)21-20(28-4)13-25(23-21)17-9-7-6-8-10-17/h5-10,12-13H,1,11,14H2,2-4H3. The quantitative estimate of drug-likeness (QED) is 0.332. The summed E-state index contributed by atoms with van der Waals surface area (Å²) in [5, 5.41) is 4.25. The summed E-state index contributed by atoms with van der Waals surface area (Å²) in [5.74, 6) is -0.719. The van der Waals surface area contributed by atoms with Crippen molar-refractivity contribution in [2.24, 2.45) is 0 Å². The van der Waals surface area contributed by atoms with Gasteiger partial charge in [0.1, 0.15) is 0 Å². The third-order valence-electron chi connectivity index (χ3n) is 4.63. The van der Waals surface area contributed by atoms with Gasteiger partial charge < -0.3 is 14.0 Å². The number of ether oxygens (including phenoxy) is 2. The Morgan fingerprint density at radius 1 is 1.21 bits per heavy atom. The molecule has 0 aliphatic heterocycles. The summed E-state index contributed by atoms with van der Waals surface area (Å²) in [7, 11) is 1.45. The van der Waals surface area contributed by atoms with E-state index >= 15 is 0 Å². The Bertz CT molecular complexity index is 1050. The first-order chi connectivity index (χ1) is 14.0. The van der Waals surface area contributed by atoms with Gasteiger partial charge in [-0.15, -0.1) is 6.58 Å². The zero-order chi connectivity index (χ0) is 21.0. The number of Topliss-reactive ketones (excluding diaryl/α,β-unsaturated/α-hetero) is 1. The van der Waals surface area contributed by atoms with Gasteiger partial charge in [-0.2, -0.15) is 5.10 Å². The van der Waals surface area contributed by atoms with Crippen molar-refractivity contribution < 1.29 is 19.1 Å². The molecule has 0 aliphatic rings. The van der Waals surface area contributed by atoms with E-state index in [9.17, 15) is 9.59 Å². The molecule has 0 radical (unpaired) electrons. The maximum absolute atomic E-state index is 12.6. The normalized spacial score (nSPS) is 10.6. The van der Waals surface area contributed by atoms with Crippen LogP contribution in [0.5, 0.6) is 5.75 Å². The Morgan fingerprint density at radius 3 is 2.59 bits per heavy atom. The molecule has 29 heavy (non-hydrogen) atoms. The van der Waals surface area contributed by atoms with Crippen molar-refractivity contribution in [3.05, 3.63) is 77.9 Å². The number of hydrogen-bond acceptors (Lipinski definition) is 5. The molecule has 7 nitrogen and oxygen atoms in total. The zero-order valence-electron chi connectivity index (χ0n) is 16.7. The SMILES string of the molecule is C=CCn1c(C)cc(C(=O)COC(=O)c2nn(-c3ccccc3)cc2OC)c1C. The molecule has 2 aromatic heterocycles. The number of benzene rings is 1. The number of hydrogen-bond donors (Lipinski definition) is 0. The van der Waals surface area contributed by atoms with Crippen LogP contribution >= 0.6 is 0 Å². The molecule has 0 atom stereocenters. The van der Waals surface area contributed by atoms with Crippen LogP contribution in [0.1, 0.15) is 32.2 Å². The van der Waals surface area contributed by atoms with E-state index in [0.29, 0.717) is 12.1 Å². The minimum absolute atomic E-state index is 0.0151. The van der Waals surface area contributed by atoms with Crippen molar-refractivity contribution in [3.63, 3.8) is 0 Å². The highest BCUT2D eigenvalue weighted by atomic mass is 16.5. The number of nitrogens with zero attached hydrogens (tertiary/aromatic N) is 3. The summed E-state index contributed by atoms with van der Waals surface area (Å²) in [5.41, 5.74) is 3.07. The Labute approximate surface area is 169 Å². The van der Waals surface area contributed by atoms with Gasteiger partial charge in [-0.05, 0) is 32.0 Å². The maximum atomic E-state index is 12.6. The van der Waals surface area contributed by atoms with E-state index in [1.165, 1.54) is 11.8 Å². The Morgan fingerprint density at radius 2 is 1.93 bits per heavy atom. The van der Waals surface area contributed by atoms with Crippen LogP contribution < -0.4 is 4.74 Å². The Kier molecular flexibility index (Phi) is 5.97. The third-order valence-corrected chi connectivity index (χ3v) is 4.63. The number of carbonyl (C=O) groups excluding carboxylic acids is 2. The van der Waals surface area contributed by atoms with Gasteiger partial charge in [0.15, 0.2) is 12.4 Å². The van der Waals surface area contributed by atoms with Crippen LogP contribution in [-0.4, -0.2) is 39.8 Å². The molecule has 150 valence electrons. The summed E-state index contributed by atoms with van der Waals surface area (Å²) in [6.07, 6.45) is 3.36. The summed E-state index contributed by atoms with van der Waals surface area (Å²) in [6, 6.07) is 11.1. The highest BCUT2D eigenvalue weighted by Crippen LogP contribution is 2.21. The van der Waals surface area contributed by atoms with Gasteiger partial charge in [0, 0.05) is 23.5 Å². The minimum Gasteiger partial charge on any atom is -0.493 e. The molecule has 3 aromatic rings. The van der Waals surface area contributed by atoms with E-state index in [1.54, 1.807) is 18.3 Å². The zero-order valence-corrected chi connectivity index (χ0v) is 16.7. The lowest BCUT2D eigenvalue weighted by atomic mass is 10.1. The molecule has 2 heterocycles. The van der Waals surface area contributed by atoms with E-state index < -0.39 is 5.97 Å². The number of para-hydroxylation sites is 1. The van der Waals surface area contributed by atoms with Gasteiger partial charge in [0.05, 0.1) is 19.0 Å². The van der Waals surface area contributed by atoms with Crippen LogP contribution in [0.25, 0.3) is 5.69 Å². The number of allylic oxidation sites excluding steroid dienone is 1. The minimum atomic E-state index is -0.718. The number of esters is 1. The molecule has 0 amide bonds. The molecule has 0 spiro atoms. The lowest BCUT2D eigenvalue weighted by Crippen LogP contribution is -2.16. The molecule has 0 saturated carbocycles. The summed E-state index contributed by atoms with van der Waals surface area (Å²) in [6.45, 7) is 7.74. The fourth-order valence-electron chi connectivity index (χ4n) is 3.13. The number of aromatic nitrogens is 3. The fourth-order valence-corrected chi connectivity index (χ4v) is 3.13. The second-order valence-corrected chi connectivity index (χ2v) is 6.51. The van der Waals surface area contributed by atoms with Crippen molar-refractivity contribution in [3.8, 4) is 11.4 Å². The van der Waals surface area contributed by atoms with Gasteiger partial charge in [0.25, 0.3) is 0 Å². The number of ketones is 1. The Hall–Kier alpha value is -3.61. The molecule has 0 bridgehead atoms. The first kappa shape index (κ1) is 20.1. The predicted octanol–water partition coefficient (Wildman–Crippen LogP) is 3.52. The van der Waals surface area contributed by atoms with Crippen LogP contribution in [0, 0.1) is 13.8 Å². The Balaban J connectivity index is 1.74. The van der Waals surface area contributed by atoms with Gasteiger partial charge in [-0.1, -0.05) is 24.3 Å². The average molecular weight is 393 g/mol. The van der Waals surface area contributed by atoms with Crippen LogP contribution in [0.2, 0.25) is 0 Å². The second-order valence-electron chi connectivity index (χ2n) is 6.51. The smallest absolute Gasteiger partial charge is 0.363 e. The van der Waals surface area contributed by atoms with Crippen molar-refractivity contribution in [2.45, 2.75) is 20.4 Å². The van der Waals surface area contributed by atoms with Crippen LogP contribution in [0.3, 0.4) is 0 Å². The monoisotopic (exact) mass is 393 g/mol. The van der Waals surface area contributed by atoms with Crippen LogP contribution in [0.15, 0.2) is 55.3 Å². The molecular formula is C22H23N3O4. The van der Waals surface area contributed by atoms with Gasteiger partial charge >= 0.3 is 5.97 Å². The highest BCUT2D eigenvalue weighted by molar-refractivity contribution is 6.00. The fraction of sp³-hybridized carbons (Fsp3) is 0.227. The molecule has 1 aromatic carbocycles. The molecular weight excluding hydrogens is 370 g/mol. The molecule has 7 heteroatoms. The second kappa shape index (κ2) is 8.60. The van der Waals surface area contributed by atoms with E-state index in [2.05, 4.69) is 11.7 Å². The van der Waals surface area contributed by atoms with Gasteiger partial charge in [0.2, 0.25) is 11.5 Å². The van der Waals surface area contributed by atoms with Crippen LogP contribution in [-0.2, 0) is 11.3 Å². The highest BCUT2D eigenvalue weighted by Gasteiger charge is 2.22. The van der Waals surface area contributed by atoms with Crippen molar-refractivity contribution in [2.75, 3.05) is 13.7 Å². The molecule has 0 N–H and O–H groups in total. The first-order valence-corrected chi connectivity index (χ1v) is 9.13. The molecule has 0 fully saturated rings. The summed E-state index contributed by atoms with van der Waals surface area (Å²) < 4.78 is 14.0. The van der Waals surface area contributed by atoms with E-state index in [0.717, 1.165) is 17.1 Å². The van der Waals surface area contributed by atoms with E-state index in [1.807, 2.05) is 48.7 Å². The molecule has 0 aliphatic carbocycles. The van der Waals surface area contributed by atoms with Gasteiger partial charge in [-0.25, -0.2) is 9.48 Å². The topological polar surface area (TPSA) is 75.4 Å². The van der Waals surface area contributed by atoms with Crippen molar-refractivity contribution >= 4 is 11.8 Å². The third kappa shape index (κ3) is 4.13. The maximum Gasteiger partial charge on any atom is 0.363 e. The number of carbonyl (C=O) groups is 2. The lowest BCUT2D eigenvalue weighted by molar-refractivity contribution is 0.0465. The largest absolute Gasteiger partial charge is 0.493 e. The van der Waals surface area contributed by atoms with Crippen molar-refractivity contribution in [1.29, 1.82) is 0 Å². The molecule has 0 unspecified atom stereocenters. The predicted molar refractivity (Wildman–Crippen MR) is 109 cm³/mol.